The maximum absolute atomic E-state index is 6.58. The van der Waals surface area contributed by atoms with Crippen LogP contribution in [0.25, 0.3) is 98.5 Å². The topological polar surface area (TPSA) is 51.8 Å². The van der Waals surface area contributed by atoms with Gasteiger partial charge in [0.05, 0.1) is 5.56 Å². The molecule has 10 aromatic rings. The van der Waals surface area contributed by atoms with Crippen LogP contribution < -0.4 is 0 Å². The number of thiophene rings is 1. The van der Waals surface area contributed by atoms with Gasteiger partial charge in [0.1, 0.15) is 11.2 Å². The summed E-state index contributed by atoms with van der Waals surface area (Å²) in [6.45, 7) is 0. The minimum Gasteiger partial charge on any atom is -0.455 e. The van der Waals surface area contributed by atoms with Gasteiger partial charge in [0.2, 0.25) is 0 Å². The smallest absolute Gasteiger partial charge is 0.167 e. The Morgan fingerprint density at radius 2 is 0.940 bits per heavy atom. The van der Waals surface area contributed by atoms with E-state index in [0.29, 0.717) is 17.5 Å². The molecule has 0 amide bonds. The van der Waals surface area contributed by atoms with Crippen molar-refractivity contribution in [3.8, 4) is 56.4 Å². The van der Waals surface area contributed by atoms with Gasteiger partial charge in [-0.1, -0.05) is 127 Å². The van der Waals surface area contributed by atoms with E-state index in [9.17, 15) is 0 Å². The molecule has 50 heavy (non-hydrogen) atoms. The van der Waals surface area contributed by atoms with E-state index in [1.807, 2.05) is 42.5 Å². The van der Waals surface area contributed by atoms with Crippen molar-refractivity contribution in [3.63, 3.8) is 0 Å². The van der Waals surface area contributed by atoms with Crippen molar-refractivity contribution in [2.24, 2.45) is 0 Å². The molecule has 0 atom stereocenters. The van der Waals surface area contributed by atoms with Gasteiger partial charge in [0, 0.05) is 42.1 Å². The second-order valence-electron chi connectivity index (χ2n) is 12.4. The molecule has 0 bridgehead atoms. The minimum atomic E-state index is 0.575. The highest BCUT2D eigenvalue weighted by molar-refractivity contribution is 7.26. The molecule has 0 spiro atoms. The van der Waals surface area contributed by atoms with Crippen LogP contribution >= 0.6 is 11.3 Å². The summed E-state index contributed by atoms with van der Waals surface area (Å²) in [5.74, 6) is 1.83. The molecule has 0 fully saturated rings. The van der Waals surface area contributed by atoms with Crippen LogP contribution in [0.2, 0.25) is 0 Å². The Kier molecular flexibility index (Phi) is 6.64. The fourth-order valence-electron chi connectivity index (χ4n) is 6.90. The molecular formula is C45H27N3OS. The molecule has 234 valence electrons. The largest absolute Gasteiger partial charge is 0.455 e. The van der Waals surface area contributed by atoms with Gasteiger partial charge in [0.15, 0.2) is 17.5 Å². The average molecular weight is 658 g/mol. The van der Waals surface area contributed by atoms with Crippen LogP contribution in [0.1, 0.15) is 0 Å². The molecule has 3 heterocycles. The Hall–Kier alpha value is -6.43. The Morgan fingerprint density at radius 1 is 0.380 bits per heavy atom. The van der Waals surface area contributed by atoms with Crippen molar-refractivity contribution in [1.29, 1.82) is 0 Å². The van der Waals surface area contributed by atoms with Gasteiger partial charge >= 0.3 is 0 Å². The van der Waals surface area contributed by atoms with Crippen molar-refractivity contribution in [1.82, 2.24) is 15.0 Å². The summed E-state index contributed by atoms with van der Waals surface area (Å²) in [7, 11) is 0. The number of nitrogens with zero attached hydrogens (tertiary/aromatic N) is 3. The van der Waals surface area contributed by atoms with Gasteiger partial charge in [-0.3, -0.25) is 0 Å². The first-order valence-corrected chi connectivity index (χ1v) is 17.4. The second kappa shape index (κ2) is 11.6. The monoisotopic (exact) mass is 657 g/mol. The first-order valence-electron chi connectivity index (χ1n) is 16.6. The van der Waals surface area contributed by atoms with E-state index in [4.69, 9.17) is 19.4 Å². The van der Waals surface area contributed by atoms with Crippen molar-refractivity contribution >= 4 is 53.4 Å². The number of hydrogen-bond donors (Lipinski definition) is 0. The average Bonchev–Trinajstić information content (AvgIpc) is 3.76. The number of fused-ring (bicyclic) bond motifs is 6. The van der Waals surface area contributed by atoms with Crippen molar-refractivity contribution in [2.45, 2.75) is 0 Å². The zero-order valence-electron chi connectivity index (χ0n) is 26.7. The summed E-state index contributed by atoms with van der Waals surface area (Å²) in [4.78, 5) is 15.4. The molecule has 0 saturated heterocycles. The summed E-state index contributed by atoms with van der Waals surface area (Å²) in [5.41, 5.74) is 9.05. The van der Waals surface area contributed by atoms with Crippen LogP contribution in [0.4, 0.5) is 0 Å². The van der Waals surface area contributed by atoms with Gasteiger partial charge in [-0.15, -0.1) is 11.3 Å². The number of para-hydroxylation sites is 1. The van der Waals surface area contributed by atoms with Crippen LogP contribution in [0.3, 0.4) is 0 Å². The Bertz CT molecular complexity index is 2680. The standard InChI is InChI=1S/C45H27N3OS/c1-4-12-28(13-5-1)31-22-24-39-37(26-31)33-18-10-20-35(41(33)49-39)44-46-43(30-16-8-3-9-17-30)47-45(48-44)36-21-11-19-34-38-27-32(29-14-6-2-7-15-29)23-25-40(38)50-42(34)36/h1-27H. The third kappa shape index (κ3) is 4.79. The Balaban J connectivity index is 1.17. The highest BCUT2D eigenvalue weighted by atomic mass is 32.1. The van der Waals surface area contributed by atoms with E-state index >= 15 is 0 Å². The SMILES string of the molecule is c1ccc(-c2ccc3oc4c(-c5nc(-c6ccccc6)nc(-c6cccc7c6sc6ccc(-c8ccccc8)cc67)n5)cccc4c3c2)cc1. The lowest BCUT2D eigenvalue weighted by atomic mass is 10.0. The molecule has 0 unspecified atom stereocenters. The summed E-state index contributed by atoms with van der Waals surface area (Å²) >= 11 is 1.78. The van der Waals surface area contributed by atoms with Crippen LogP contribution in [0.5, 0.6) is 0 Å². The lowest BCUT2D eigenvalue weighted by Crippen LogP contribution is -2.00. The van der Waals surface area contributed by atoms with Gasteiger partial charge in [-0.25, -0.2) is 15.0 Å². The van der Waals surface area contributed by atoms with E-state index in [1.54, 1.807) is 11.3 Å². The lowest BCUT2D eigenvalue weighted by molar-refractivity contribution is 0.669. The minimum absolute atomic E-state index is 0.575. The molecule has 10 rings (SSSR count). The van der Waals surface area contributed by atoms with E-state index in [1.165, 1.54) is 32.2 Å². The van der Waals surface area contributed by atoms with Crippen LogP contribution in [-0.4, -0.2) is 15.0 Å². The van der Waals surface area contributed by atoms with Crippen LogP contribution in [0, 0.1) is 0 Å². The van der Waals surface area contributed by atoms with Gasteiger partial charge in [-0.2, -0.15) is 0 Å². The quantitative estimate of drug-likeness (QED) is 0.185. The second-order valence-corrected chi connectivity index (χ2v) is 13.4. The molecule has 0 radical (unpaired) electrons. The summed E-state index contributed by atoms with van der Waals surface area (Å²) in [6.07, 6.45) is 0. The van der Waals surface area contributed by atoms with E-state index < -0.39 is 0 Å². The Labute approximate surface area is 292 Å². The molecule has 0 aliphatic heterocycles. The van der Waals surface area contributed by atoms with Gasteiger partial charge < -0.3 is 4.42 Å². The molecule has 4 nitrogen and oxygen atoms in total. The maximum Gasteiger partial charge on any atom is 0.167 e. The van der Waals surface area contributed by atoms with Crippen molar-refractivity contribution in [2.75, 3.05) is 0 Å². The fourth-order valence-corrected chi connectivity index (χ4v) is 8.09. The number of hydrogen-bond acceptors (Lipinski definition) is 5. The normalized spacial score (nSPS) is 11.6. The highest BCUT2D eigenvalue weighted by Crippen LogP contribution is 2.42. The molecule has 5 heteroatoms. The molecule has 7 aromatic carbocycles. The van der Waals surface area contributed by atoms with E-state index in [-0.39, 0.29) is 0 Å². The lowest BCUT2D eigenvalue weighted by Gasteiger charge is -2.09. The highest BCUT2D eigenvalue weighted by Gasteiger charge is 2.20. The predicted molar refractivity (Wildman–Crippen MR) is 207 cm³/mol. The summed E-state index contributed by atoms with van der Waals surface area (Å²) in [5, 5.41) is 4.51. The maximum atomic E-state index is 6.58. The molecule has 0 aliphatic rings. The zero-order valence-corrected chi connectivity index (χ0v) is 27.6. The third-order valence-corrected chi connectivity index (χ3v) is 10.6. The summed E-state index contributed by atoms with van der Waals surface area (Å²) < 4.78 is 8.96. The van der Waals surface area contributed by atoms with Crippen molar-refractivity contribution in [3.05, 3.63) is 164 Å². The zero-order chi connectivity index (χ0) is 33.0. The van der Waals surface area contributed by atoms with Gasteiger partial charge in [-0.05, 0) is 58.7 Å². The molecule has 0 saturated carbocycles. The predicted octanol–water partition coefficient (Wildman–Crippen LogP) is 12.5. The first-order chi connectivity index (χ1) is 24.8. The van der Waals surface area contributed by atoms with E-state index in [2.05, 4.69) is 121 Å². The number of aromatic nitrogens is 3. The number of rotatable bonds is 5. The Morgan fingerprint density at radius 3 is 1.64 bits per heavy atom. The molecule has 0 N–H and O–H groups in total. The molecule has 3 aromatic heterocycles. The molecular weight excluding hydrogens is 631 g/mol. The fraction of sp³-hybridized carbons (Fsp3) is 0. The van der Waals surface area contributed by atoms with Crippen molar-refractivity contribution < 1.29 is 4.42 Å². The number of benzene rings is 7. The van der Waals surface area contributed by atoms with Crippen LogP contribution in [0.15, 0.2) is 168 Å². The van der Waals surface area contributed by atoms with Gasteiger partial charge in [0.25, 0.3) is 0 Å². The van der Waals surface area contributed by atoms with Crippen LogP contribution in [-0.2, 0) is 0 Å². The van der Waals surface area contributed by atoms with E-state index in [0.717, 1.165) is 48.9 Å². The first kappa shape index (κ1) is 28.6. The summed E-state index contributed by atoms with van der Waals surface area (Å²) in [6, 6.07) is 56.8. The third-order valence-electron chi connectivity index (χ3n) is 9.36. The molecule has 0 aliphatic carbocycles. The number of furan rings is 1.